The fourth-order valence-electron chi connectivity index (χ4n) is 2.05. The second-order valence-electron chi connectivity index (χ2n) is 6.32. The average molecular weight is 398 g/mol. The van der Waals surface area contributed by atoms with E-state index in [4.69, 9.17) is 10.5 Å². The molecule has 0 radical (unpaired) electrons. The second-order valence-corrected chi connectivity index (χ2v) is 9.47. The van der Waals surface area contributed by atoms with Gasteiger partial charge in [-0.25, -0.2) is 8.42 Å². The average Bonchev–Trinajstić information content (AvgIpc) is 3.15. The quantitative estimate of drug-likeness (QED) is 0.707. The van der Waals surface area contributed by atoms with Gasteiger partial charge >= 0.3 is 0 Å². The lowest BCUT2D eigenvalue weighted by Gasteiger charge is -2.24. The summed E-state index contributed by atoms with van der Waals surface area (Å²) in [6.45, 7) is 3.82. The summed E-state index contributed by atoms with van der Waals surface area (Å²) in [4.78, 5) is 11.9. The van der Waals surface area contributed by atoms with Crippen molar-refractivity contribution >= 4 is 33.0 Å². The Labute approximate surface area is 157 Å². The van der Waals surface area contributed by atoms with Crippen LogP contribution in [0.15, 0.2) is 46.0 Å². The summed E-state index contributed by atoms with van der Waals surface area (Å²) in [5, 5.41) is 4.48. The van der Waals surface area contributed by atoms with Gasteiger partial charge in [0, 0.05) is 19.1 Å². The number of rotatable bonds is 8. The zero-order valence-electron chi connectivity index (χ0n) is 14.9. The van der Waals surface area contributed by atoms with E-state index in [1.165, 1.54) is 22.7 Å². The molecule has 0 bridgehead atoms. The fraction of sp³-hybridized carbons (Fsp3) is 0.353. The van der Waals surface area contributed by atoms with E-state index in [1.807, 2.05) is 13.8 Å². The molecule has 2 aromatic rings. The van der Waals surface area contributed by atoms with Crippen LogP contribution in [-0.4, -0.2) is 40.1 Å². The summed E-state index contributed by atoms with van der Waals surface area (Å²) in [7, 11) is -2.08. The van der Waals surface area contributed by atoms with Gasteiger partial charge in [-0.3, -0.25) is 9.10 Å². The second kappa shape index (κ2) is 8.07. The van der Waals surface area contributed by atoms with Gasteiger partial charge in [0.15, 0.2) is 6.61 Å². The van der Waals surface area contributed by atoms with Crippen molar-refractivity contribution in [1.29, 1.82) is 0 Å². The summed E-state index contributed by atoms with van der Waals surface area (Å²) < 4.78 is 31.9. The number of hydrogen-bond acceptors (Lipinski definition) is 6. The van der Waals surface area contributed by atoms with Crippen molar-refractivity contribution in [3.63, 3.8) is 0 Å². The number of thiophene rings is 1. The third kappa shape index (κ3) is 4.96. The summed E-state index contributed by atoms with van der Waals surface area (Å²) in [6.07, 6.45) is 0. The van der Waals surface area contributed by atoms with Crippen molar-refractivity contribution in [2.45, 2.75) is 23.6 Å². The van der Waals surface area contributed by atoms with Crippen LogP contribution in [-0.2, 0) is 14.8 Å². The van der Waals surface area contributed by atoms with Crippen LogP contribution in [0.5, 0.6) is 5.75 Å². The maximum absolute atomic E-state index is 12.5. The van der Waals surface area contributed by atoms with E-state index in [0.29, 0.717) is 18.0 Å². The Morgan fingerprint density at radius 3 is 2.46 bits per heavy atom. The highest BCUT2D eigenvalue weighted by atomic mass is 32.2. The molecule has 0 spiro atoms. The largest absolute Gasteiger partial charge is 0.484 e. The van der Waals surface area contributed by atoms with Crippen molar-refractivity contribution in [1.82, 2.24) is 5.32 Å². The number of nitrogens with two attached hydrogens (primary N) is 1. The molecule has 0 unspecified atom stereocenters. The van der Waals surface area contributed by atoms with E-state index in [2.05, 4.69) is 5.32 Å². The van der Waals surface area contributed by atoms with Crippen LogP contribution in [0.1, 0.15) is 13.8 Å². The molecule has 0 aliphatic heterocycles. The Kier molecular flexibility index (Phi) is 6.27. The molecule has 0 saturated heterocycles. The van der Waals surface area contributed by atoms with Gasteiger partial charge in [0.1, 0.15) is 9.96 Å². The van der Waals surface area contributed by atoms with Crippen molar-refractivity contribution in [3.05, 3.63) is 41.8 Å². The summed E-state index contributed by atoms with van der Waals surface area (Å²) in [5.74, 6) is 0.193. The van der Waals surface area contributed by atoms with E-state index in [1.54, 1.807) is 41.8 Å². The van der Waals surface area contributed by atoms with Crippen LogP contribution >= 0.6 is 11.3 Å². The molecule has 0 fully saturated rings. The molecule has 3 N–H and O–H groups in total. The summed E-state index contributed by atoms with van der Waals surface area (Å²) in [6, 6.07) is 9.76. The molecule has 1 aromatic carbocycles. The van der Waals surface area contributed by atoms with Gasteiger partial charge in [-0.05, 0) is 49.6 Å². The predicted octanol–water partition coefficient (Wildman–Crippen LogP) is 1.81. The number of carbonyl (C=O) groups is 1. The molecule has 0 aliphatic carbocycles. The Morgan fingerprint density at radius 1 is 1.27 bits per heavy atom. The molecule has 0 atom stereocenters. The van der Waals surface area contributed by atoms with Crippen LogP contribution in [0.3, 0.4) is 0 Å². The summed E-state index contributed by atoms with van der Waals surface area (Å²) in [5.41, 5.74) is 5.57. The van der Waals surface area contributed by atoms with E-state index >= 15 is 0 Å². The first-order chi connectivity index (χ1) is 12.2. The molecule has 0 saturated carbocycles. The smallest absolute Gasteiger partial charge is 0.273 e. The standard InChI is InChI=1S/C17H23N3O4S2/c1-17(2,12-18)19-15(21)11-24-14-8-6-13(7-9-14)20(3)26(22,23)16-5-4-10-25-16/h4-10H,11-12,18H2,1-3H3,(H,19,21). The van der Waals surface area contributed by atoms with E-state index < -0.39 is 15.6 Å². The molecular weight excluding hydrogens is 374 g/mol. The molecule has 2 rings (SSSR count). The number of sulfonamides is 1. The first-order valence-corrected chi connectivity index (χ1v) is 10.2. The summed E-state index contributed by atoms with van der Waals surface area (Å²) >= 11 is 1.17. The molecular formula is C17H23N3O4S2. The number of amides is 1. The Bertz CT molecular complexity index is 831. The van der Waals surface area contributed by atoms with Crippen molar-refractivity contribution in [2.75, 3.05) is 24.5 Å². The van der Waals surface area contributed by atoms with Gasteiger partial charge in [0.2, 0.25) is 0 Å². The van der Waals surface area contributed by atoms with Crippen molar-refractivity contribution in [2.24, 2.45) is 5.73 Å². The molecule has 1 amide bonds. The molecule has 7 nitrogen and oxygen atoms in total. The normalized spacial score (nSPS) is 11.8. The van der Waals surface area contributed by atoms with E-state index in [9.17, 15) is 13.2 Å². The van der Waals surface area contributed by atoms with Crippen LogP contribution in [0, 0.1) is 0 Å². The van der Waals surface area contributed by atoms with Crippen LogP contribution in [0.2, 0.25) is 0 Å². The van der Waals surface area contributed by atoms with Gasteiger partial charge in [-0.1, -0.05) is 6.07 Å². The maximum Gasteiger partial charge on any atom is 0.273 e. The molecule has 9 heteroatoms. The van der Waals surface area contributed by atoms with Crippen molar-refractivity contribution in [3.8, 4) is 5.75 Å². The number of ether oxygens (including phenoxy) is 1. The highest BCUT2D eigenvalue weighted by Crippen LogP contribution is 2.26. The molecule has 1 aromatic heterocycles. The SMILES string of the molecule is CN(c1ccc(OCC(=O)NC(C)(C)CN)cc1)S(=O)(=O)c1cccs1. The third-order valence-corrected chi connectivity index (χ3v) is 6.83. The van der Waals surface area contributed by atoms with Gasteiger partial charge in [0.25, 0.3) is 15.9 Å². The fourth-order valence-corrected chi connectivity index (χ4v) is 4.41. The van der Waals surface area contributed by atoms with Crippen LogP contribution in [0.25, 0.3) is 0 Å². The highest BCUT2D eigenvalue weighted by Gasteiger charge is 2.22. The lowest BCUT2D eigenvalue weighted by atomic mass is 10.1. The number of carbonyl (C=O) groups excluding carboxylic acids is 1. The molecule has 1 heterocycles. The maximum atomic E-state index is 12.5. The molecule has 26 heavy (non-hydrogen) atoms. The lowest BCUT2D eigenvalue weighted by molar-refractivity contribution is -0.124. The lowest BCUT2D eigenvalue weighted by Crippen LogP contribution is -2.50. The van der Waals surface area contributed by atoms with Crippen molar-refractivity contribution < 1.29 is 17.9 Å². The Hall–Kier alpha value is -2.10. The third-order valence-electron chi connectivity index (χ3n) is 3.67. The number of nitrogens with zero attached hydrogens (tertiary/aromatic N) is 1. The van der Waals surface area contributed by atoms with E-state index in [0.717, 1.165) is 0 Å². The Balaban J connectivity index is 1.99. The first-order valence-electron chi connectivity index (χ1n) is 7.92. The van der Waals surface area contributed by atoms with Crippen LogP contribution < -0.4 is 20.1 Å². The topological polar surface area (TPSA) is 102 Å². The van der Waals surface area contributed by atoms with Gasteiger partial charge < -0.3 is 15.8 Å². The molecule has 0 aliphatic rings. The Morgan fingerprint density at radius 2 is 1.92 bits per heavy atom. The number of nitrogens with one attached hydrogen (secondary N) is 1. The van der Waals surface area contributed by atoms with Crippen LogP contribution in [0.4, 0.5) is 5.69 Å². The minimum atomic E-state index is -3.58. The van der Waals surface area contributed by atoms with Gasteiger partial charge in [0.05, 0.1) is 5.69 Å². The monoisotopic (exact) mass is 397 g/mol. The van der Waals surface area contributed by atoms with Gasteiger partial charge in [-0.2, -0.15) is 0 Å². The van der Waals surface area contributed by atoms with Gasteiger partial charge in [-0.15, -0.1) is 11.3 Å². The number of anilines is 1. The number of hydrogen-bond donors (Lipinski definition) is 2. The molecule has 142 valence electrons. The highest BCUT2D eigenvalue weighted by molar-refractivity contribution is 7.94. The minimum absolute atomic E-state index is 0.147. The number of benzene rings is 1. The zero-order valence-corrected chi connectivity index (χ0v) is 16.6. The first kappa shape index (κ1) is 20.2. The predicted molar refractivity (Wildman–Crippen MR) is 103 cm³/mol. The minimum Gasteiger partial charge on any atom is -0.484 e. The van der Waals surface area contributed by atoms with E-state index in [-0.39, 0.29) is 16.7 Å². The zero-order chi connectivity index (χ0) is 19.4.